The van der Waals surface area contributed by atoms with E-state index in [9.17, 15) is 9.18 Å². The number of benzene rings is 1. The zero-order valence-electron chi connectivity index (χ0n) is 13.4. The molecule has 2 fully saturated rings. The van der Waals surface area contributed by atoms with Gasteiger partial charge >= 0.3 is 0 Å². The number of carbonyl (C=O) groups excluding carboxylic acids is 1. The van der Waals surface area contributed by atoms with Crippen molar-refractivity contribution < 1.29 is 9.18 Å². The highest BCUT2D eigenvalue weighted by molar-refractivity contribution is 7.14. The van der Waals surface area contributed by atoms with Crippen molar-refractivity contribution in [2.75, 3.05) is 23.3 Å². The molecular formula is C18H20FN3OS. The Labute approximate surface area is 144 Å². The maximum atomic E-state index is 13.3. The van der Waals surface area contributed by atoms with Crippen molar-refractivity contribution in [1.82, 2.24) is 4.98 Å². The smallest absolute Gasteiger partial charge is 0.229 e. The fourth-order valence-electron chi connectivity index (χ4n) is 3.36. The molecule has 24 heavy (non-hydrogen) atoms. The van der Waals surface area contributed by atoms with Crippen LogP contribution in [0, 0.1) is 11.7 Å². The molecule has 2 aromatic rings. The van der Waals surface area contributed by atoms with Crippen LogP contribution in [0.3, 0.4) is 0 Å². The van der Waals surface area contributed by atoms with Gasteiger partial charge in [-0.15, -0.1) is 11.3 Å². The molecule has 1 amide bonds. The fraction of sp³-hybridized carbons (Fsp3) is 0.444. The second-order valence-electron chi connectivity index (χ2n) is 6.56. The molecule has 6 heteroatoms. The minimum Gasteiger partial charge on any atom is -0.348 e. The van der Waals surface area contributed by atoms with Gasteiger partial charge in [-0.3, -0.25) is 4.79 Å². The molecule has 0 bridgehead atoms. The summed E-state index contributed by atoms with van der Waals surface area (Å²) in [5.41, 5.74) is 0.905. The maximum Gasteiger partial charge on any atom is 0.229 e. The Morgan fingerprint density at radius 3 is 2.92 bits per heavy atom. The molecule has 4 rings (SSSR count). The van der Waals surface area contributed by atoms with Crippen LogP contribution in [0.1, 0.15) is 37.2 Å². The Kier molecular flexibility index (Phi) is 4.22. The lowest BCUT2D eigenvalue weighted by atomic mass is 10.1. The molecule has 0 radical (unpaired) electrons. The SMILES string of the molecule is O=C(Nc1csc(N2CCCCC2)n1)C1CC1c1cccc(F)c1. The summed E-state index contributed by atoms with van der Waals surface area (Å²) in [5.74, 6) is 0.423. The Hall–Kier alpha value is -1.95. The molecule has 2 unspecified atom stereocenters. The summed E-state index contributed by atoms with van der Waals surface area (Å²) < 4.78 is 13.3. The molecule has 1 aromatic heterocycles. The molecule has 1 aromatic carbocycles. The quantitative estimate of drug-likeness (QED) is 0.910. The normalized spacial score (nSPS) is 23.1. The van der Waals surface area contributed by atoms with Gasteiger partial charge in [0.2, 0.25) is 5.91 Å². The highest BCUT2D eigenvalue weighted by atomic mass is 32.1. The standard InChI is InChI=1S/C18H20FN3OS/c19-13-6-4-5-12(9-13)14-10-15(14)17(23)20-16-11-24-18(21-16)22-7-2-1-3-8-22/h4-6,9,11,14-15H,1-3,7-8,10H2,(H,20,23). The summed E-state index contributed by atoms with van der Waals surface area (Å²) >= 11 is 1.58. The number of amides is 1. The first-order valence-corrected chi connectivity index (χ1v) is 9.35. The van der Waals surface area contributed by atoms with Crippen molar-refractivity contribution in [1.29, 1.82) is 0 Å². The molecule has 1 aliphatic carbocycles. The fourth-order valence-corrected chi connectivity index (χ4v) is 4.17. The van der Waals surface area contributed by atoms with Crippen LogP contribution in [0.15, 0.2) is 29.6 Å². The first-order chi connectivity index (χ1) is 11.7. The third kappa shape index (κ3) is 3.29. The van der Waals surface area contributed by atoms with E-state index < -0.39 is 0 Å². The minimum absolute atomic E-state index is 0.0141. The zero-order chi connectivity index (χ0) is 16.5. The largest absolute Gasteiger partial charge is 0.348 e. The van der Waals surface area contributed by atoms with E-state index in [2.05, 4.69) is 15.2 Å². The van der Waals surface area contributed by atoms with Gasteiger partial charge in [-0.05, 0) is 49.3 Å². The number of piperidine rings is 1. The van der Waals surface area contributed by atoms with Crippen molar-refractivity contribution in [2.45, 2.75) is 31.6 Å². The van der Waals surface area contributed by atoms with Gasteiger partial charge in [0.15, 0.2) is 5.13 Å². The number of aromatic nitrogens is 1. The van der Waals surface area contributed by atoms with Crippen molar-refractivity contribution >= 4 is 28.2 Å². The van der Waals surface area contributed by atoms with Crippen LogP contribution in [0.2, 0.25) is 0 Å². The average Bonchev–Trinajstić information content (AvgIpc) is 3.28. The van der Waals surface area contributed by atoms with Crippen molar-refractivity contribution in [3.63, 3.8) is 0 Å². The number of carbonyl (C=O) groups is 1. The van der Waals surface area contributed by atoms with E-state index in [0.29, 0.717) is 5.82 Å². The van der Waals surface area contributed by atoms with E-state index >= 15 is 0 Å². The third-order valence-electron chi connectivity index (χ3n) is 4.77. The second-order valence-corrected chi connectivity index (χ2v) is 7.39. The van der Waals surface area contributed by atoms with Crippen LogP contribution >= 0.6 is 11.3 Å². The monoisotopic (exact) mass is 345 g/mol. The van der Waals surface area contributed by atoms with Crippen LogP contribution < -0.4 is 10.2 Å². The molecule has 1 saturated carbocycles. The predicted molar refractivity (Wildman–Crippen MR) is 94.1 cm³/mol. The van der Waals surface area contributed by atoms with Gasteiger partial charge in [0.25, 0.3) is 0 Å². The van der Waals surface area contributed by atoms with E-state index in [0.717, 1.165) is 30.2 Å². The highest BCUT2D eigenvalue weighted by Gasteiger charge is 2.44. The van der Waals surface area contributed by atoms with Gasteiger partial charge < -0.3 is 10.2 Å². The van der Waals surface area contributed by atoms with Gasteiger partial charge in [-0.2, -0.15) is 0 Å². The summed E-state index contributed by atoms with van der Waals surface area (Å²) in [6.07, 6.45) is 4.48. The number of thiazole rings is 1. The van der Waals surface area contributed by atoms with E-state index in [4.69, 9.17) is 0 Å². The first kappa shape index (κ1) is 15.6. The number of halogens is 1. The van der Waals surface area contributed by atoms with E-state index in [1.807, 2.05) is 11.4 Å². The zero-order valence-corrected chi connectivity index (χ0v) is 14.2. The van der Waals surface area contributed by atoms with Gasteiger partial charge in [0.05, 0.1) is 0 Å². The molecular weight excluding hydrogens is 325 g/mol. The minimum atomic E-state index is -0.246. The number of hydrogen-bond acceptors (Lipinski definition) is 4. The Balaban J connectivity index is 1.36. The molecule has 1 N–H and O–H groups in total. The maximum absolute atomic E-state index is 13.3. The molecule has 2 atom stereocenters. The lowest BCUT2D eigenvalue weighted by molar-refractivity contribution is -0.117. The summed E-state index contributed by atoms with van der Waals surface area (Å²) in [4.78, 5) is 19.2. The van der Waals surface area contributed by atoms with Gasteiger partial charge in [0, 0.05) is 24.4 Å². The molecule has 4 nitrogen and oxygen atoms in total. The molecule has 1 aliphatic heterocycles. The summed E-state index contributed by atoms with van der Waals surface area (Å²) in [5, 5.41) is 5.81. The predicted octanol–water partition coefficient (Wildman–Crippen LogP) is 4.01. The van der Waals surface area contributed by atoms with E-state index in [1.54, 1.807) is 17.4 Å². The van der Waals surface area contributed by atoms with Crippen molar-refractivity contribution in [3.05, 3.63) is 41.0 Å². The van der Waals surface area contributed by atoms with E-state index in [1.165, 1.54) is 31.4 Å². The van der Waals surface area contributed by atoms with Crippen LogP contribution in [0.4, 0.5) is 15.3 Å². The second kappa shape index (κ2) is 6.51. The molecule has 126 valence electrons. The Morgan fingerprint density at radius 1 is 1.29 bits per heavy atom. The van der Waals surface area contributed by atoms with Crippen molar-refractivity contribution in [2.24, 2.45) is 5.92 Å². The van der Waals surface area contributed by atoms with Crippen LogP contribution in [0.5, 0.6) is 0 Å². The number of nitrogens with zero attached hydrogens (tertiary/aromatic N) is 2. The lowest BCUT2D eigenvalue weighted by Crippen LogP contribution is -2.29. The summed E-state index contributed by atoms with van der Waals surface area (Å²) in [6.45, 7) is 2.09. The third-order valence-corrected chi connectivity index (χ3v) is 5.68. The lowest BCUT2D eigenvalue weighted by Gasteiger charge is -2.25. The number of nitrogens with one attached hydrogen (secondary N) is 1. The summed E-state index contributed by atoms with van der Waals surface area (Å²) in [6, 6.07) is 6.54. The molecule has 2 aliphatic rings. The first-order valence-electron chi connectivity index (χ1n) is 8.47. The van der Waals surface area contributed by atoms with Gasteiger partial charge in [-0.1, -0.05) is 12.1 Å². The van der Waals surface area contributed by atoms with Crippen LogP contribution in [0.25, 0.3) is 0 Å². The van der Waals surface area contributed by atoms with E-state index in [-0.39, 0.29) is 23.6 Å². The number of hydrogen-bond donors (Lipinski definition) is 1. The molecule has 0 spiro atoms. The summed E-state index contributed by atoms with van der Waals surface area (Å²) in [7, 11) is 0. The Morgan fingerprint density at radius 2 is 2.12 bits per heavy atom. The molecule has 1 saturated heterocycles. The van der Waals surface area contributed by atoms with Crippen molar-refractivity contribution in [3.8, 4) is 0 Å². The number of rotatable bonds is 4. The highest BCUT2D eigenvalue weighted by Crippen LogP contribution is 2.48. The topological polar surface area (TPSA) is 45.2 Å². The molecule has 2 heterocycles. The average molecular weight is 345 g/mol. The number of anilines is 2. The van der Waals surface area contributed by atoms with Gasteiger partial charge in [-0.25, -0.2) is 9.37 Å². The van der Waals surface area contributed by atoms with Crippen LogP contribution in [-0.4, -0.2) is 24.0 Å². The van der Waals surface area contributed by atoms with Gasteiger partial charge in [0.1, 0.15) is 11.6 Å². The Bertz CT molecular complexity index is 741. The van der Waals surface area contributed by atoms with Crippen LogP contribution in [-0.2, 0) is 4.79 Å².